The van der Waals surface area contributed by atoms with Gasteiger partial charge in [0, 0.05) is 11.6 Å². The lowest BCUT2D eigenvalue weighted by atomic mass is 10.1. The van der Waals surface area contributed by atoms with Gasteiger partial charge in [-0.15, -0.1) is 0 Å². The number of nitro benzene ring substituents is 1. The molecule has 0 aromatic heterocycles. The topological polar surface area (TPSA) is 86.2 Å². The molecule has 0 bridgehead atoms. The molecular formula is C10H5F3N2O3. The minimum absolute atomic E-state index is 0.103. The number of alkyl halides is 3. The van der Waals surface area contributed by atoms with Gasteiger partial charge in [-0.2, -0.15) is 13.2 Å². The van der Waals surface area contributed by atoms with Crippen LogP contribution in [-0.2, 0) is 11.0 Å². The van der Waals surface area contributed by atoms with Gasteiger partial charge in [0.2, 0.25) is 0 Å². The summed E-state index contributed by atoms with van der Waals surface area (Å²) in [5.41, 5.74) is 2.10. The molecule has 94 valence electrons. The van der Waals surface area contributed by atoms with Gasteiger partial charge >= 0.3 is 6.18 Å². The maximum Gasteiger partial charge on any atom is 0.422 e. The van der Waals surface area contributed by atoms with Crippen molar-refractivity contribution in [1.82, 2.24) is 0 Å². The number of hydrogen-bond acceptors (Lipinski definition) is 3. The highest BCUT2D eigenvalue weighted by Gasteiger charge is 2.38. The molecule has 0 saturated carbocycles. The molecule has 0 unspecified atom stereocenters. The number of nitrogens with zero attached hydrogens (tertiary/aromatic N) is 1. The van der Waals surface area contributed by atoms with Gasteiger partial charge in [0.05, 0.1) is 4.92 Å². The quantitative estimate of drug-likeness (QED) is 0.470. The molecule has 5 nitrogen and oxygen atoms in total. The number of amides is 1. The average Bonchev–Trinajstić information content (AvgIpc) is 2.24. The Balaban J connectivity index is 3.34. The first-order valence-electron chi connectivity index (χ1n) is 4.39. The van der Waals surface area contributed by atoms with Gasteiger partial charge in [-0.05, 0) is 18.1 Å². The smallest absolute Gasteiger partial charge is 0.359 e. The van der Waals surface area contributed by atoms with E-state index in [0.29, 0.717) is 12.1 Å². The standard InChI is InChI=1S/C10H5F3N2O3/c11-10(12,13)7-3-1-6(2-4-9(14)16)5-8(7)15(17)18/h1,3,5H,(H2,14,16). The van der Waals surface area contributed by atoms with E-state index in [2.05, 4.69) is 5.92 Å². The van der Waals surface area contributed by atoms with Crippen molar-refractivity contribution >= 4 is 11.6 Å². The van der Waals surface area contributed by atoms with Crippen molar-refractivity contribution in [3.05, 3.63) is 39.4 Å². The highest BCUT2D eigenvalue weighted by atomic mass is 19.4. The number of rotatable bonds is 1. The molecule has 0 radical (unpaired) electrons. The fraction of sp³-hybridized carbons (Fsp3) is 0.100. The van der Waals surface area contributed by atoms with Crippen LogP contribution in [0.5, 0.6) is 0 Å². The van der Waals surface area contributed by atoms with Crippen LogP contribution in [0.4, 0.5) is 18.9 Å². The number of carbonyl (C=O) groups is 1. The number of hydrogen-bond donors (Lipinski definition) is 1. The van der Waals surface area contributed by atoms with Gasteiger partial charge in [-0.3, -0.25) is 14.9 Å². The first-order valence-corrected chi connectivity index (χ1v) is 4.39. The van der Waals surface area contributed by atoms with Crippen LogP contribution >= 0.6 is 0 Å². The van der Waals surface area contributed by atoms with Crippen LogP contribution in [0.2, 0.25) is 0 Å². The molecule has 2 N–H and O–H groups in total. The molecule has 0 aliphatic rings. The largest absolute Gasteiger partial charge is 0.422 e. The fourth-order valence-corrected chi connectivity index (χ4v) is 1.13. The Bertz CT molecular complexity index is 570. The second-order valence-corrected chi connectivity index (χ2v) is 3.10. The van der Waals surface area contributed by atoms with Gasteiger partial charge < -0.3 is 5.73 Å². The molecule has 0 aliphatic heterocycles. The molecule has 0 heterocycles. The average molecular weight is 258 g/mol. The number of nitrogens with two attached hydrogens (primary N) is 1. The summed E-state index contributed by atoms with van der Waals surface area (Å²) in [6, 6.07) is 2.09. The van der Waals surface area contributed by atoms with E-state index in [9.17, 15) is 28.1 Å². The molecular weight excluding hydrogens is 253 g/mol. The van der Waals surface area contributed by atoms with Gasteiger partial charge in [0.1, 0.15) is 5.56 Å². The van der Waals surface area contributed by atoms with Crippen molar-refractivity contribution in [2.24, 2.45) is 5.73 Å². The first-order chi connectivity index (χ1) is 8.21. The lowest BCUT2D eigenvalue weighted by molar-refractivity contribution is -0.388. The number of carbonyl (C=O) groups excluding carboxylic acids is 1. The van der Waals surface area contributed by atoms with Gasteiger partial charge in [-0.25, -0.2) is 0 Å². The summed E-state index contributed by atoms with van der Waals surface area (Å²) in [5, 5.41) is 10.5. The Hall–Kier alpha value is -2.56. The lowest BCUT2D eigenvalue weighted by Gasteiger charge is -2.06. The zero-order valence-electron chi connectivity index (χ0n) is 8.62. The lowest BCUT2D eigenvalue weighted by Crippen LogP contribution is -2.09. The monoisotopic (exact) mass is 258 g/mol. The molecule has 0 spiro atoms. The van der Waals surface area contributed by atoms with E-state index in [1.54, 1.807) is 0 Å². The van der Waals surface area contributed by atoms with Crippen molar-refractivity contribution in [3.63, 3.8) is 0 Å². The second kappa shape index (κ2) is 4.75. The summed E-state index contributed by atoms with van der Waals surface area (Å²) in [5.74, 6) is 3.00. The summed E-state index contributed by atoms with van der Waals surface area (Å²) in [6.07, 6.45) is -4.84. The number of nitro groups is 1. The van der Waals surface area contributed by atoms with Crippen LogP contribution in [0.3, 0.4) is 0 Å². The summed E-state index contributed by atoms with van der Waals surface area (Å²) >= 11 is 0. The summed E-state index contributed by atoms with van der Waals surface area (Å²) in [4.78, 5) is 19.7. The third-order valence-corrected chi connectivity index (χ3v) is 1.83. The Morgan fingerprint density at radius 3 is 2.44 bits per heavy atom. The van der Waals surface area contributed by atoms with Crippen LogP contribution in [0.1, 0.15) is 11.1 Å². The predicted octanol–water partition coefficient (Wildman–Crippen LogP) is 1.45. The van der Waals surface area contributed by atoms with Crippen LogP contribution < -0.4 is 5.73 Å². The third-order valence-electron chi connectivity index (χ3n) is 1.83. The van der Waals surface area contributed by atoms with Crippen molar-refractivity contribution in [2.45, 2.75) is 6.18 Å². The molecule has 0 atom stereocenters. The van der Waals surface area contributed by atoms with Crippen LogP contribution in [0.25, 0.3) is 0 Å². The van der Waals surface area contributed by atoms with Crippen LogP contribution in [-0.4, -0.2) is 10.8 Å². The molecule has 1 amide bonds. The maximum atomic E-state index is 12.4. The van der Waals surface area contributed by atoms with Crippen molar-refractivity contribution in [1.29, 1.82) is 0 Å². The number of halogens is 3. The fourth-order valence-electron chi connectivity index (χ4n) is 1.13. The summed E-state index contributed by atoms with van der Waals surface area (Å²) < 4.78 is 37.3. The minimum Gasteiger partial charge on any atom is -0.359 e. The molecule has 0 fully saturated rings. The summed E-state index contributed by atoms with van der Waals surface area (Å²) in [6.45, 7) is 0. The summed E-state index contributed by atoms with van der Waals surface area (Å²) in [7, 11) is 0. The first kappa shape index (κ1) is 13.5. The number of benzene rings is 1. The van der Waals surface area contributed by atoms with Crippen molar-refractivity contribution in [3.8, 4) is 11.8 Å². The predicted molar refractivity (Wildman–Crippen MR) is 54.2 cm³/mol. The van der Waals surface area contributed by atoms with Gasteiger partial charge in [-0.1, -0.05) is 5.92 Å². The Kier molecular flexibility index (Phi) is 3.56. The van der Waals surface area contributed by atoms with Crippen molar-refractivity contribution in [2.75, 3.05) is 0 Å². The number of primary amides is 1. The third kappa shape index (κ3) is 3.21. The normalized spacial score (nSPS) is 10.4. The van der Waals surface area contributed by atoms with Crippen molar-refractivity contribution < 1.29 is 22.9 Å². The highest BCUT2D eigenvalue weighted by Crippen LogP contribution is 2.36. The zero-order valence-corrected chi connectivity index (χ0v) is 8.62. The van der Waals surface area contributed by atoms with Gasteiger partial charge in [0.15, 0.2) is 0 Å². The Morgan fingerprint density at radius 1 is 1.39 bits per heavy atom. The molecule has 8 heteroatoms. The maximum absolute atomic E-state index is 12.4. The SMILES string of the molecule is NC(=O)C#Cc1ccc(C(F)(F)F)c([N+](=O)[O-])c1. The van der Waals surface area contributed by atoms with Gasteiger partial charge in [0.25, 0.3) is 11.6 Å². The van der Waals surface area contributed by atoms with E-state index in [1.807, 2.05) is 5.92 Å². The highest BCUT2D eigenvalue weighted by molar-refractivity contribution is 5.92. The van der Waals surface area contributed by atoms with Crippen LogP contribution in [0.15, 0.2) is 18.2 Å². The molecule has 0 aliphatic carbocycles. The molecule has 18 heavy (non-hydrogen) atoms. The van der Waals surface area contributed by atoms with Crippen LogP contribution in [0, 0.1) is 22.0 Å². The molecule has 1 rings (SSSR count). The van der Waals surface area contributed by atoms with E-state index < -0.39 is 28.3 Å². The Labute approximate surface area is 98.5 Å². The molecule has 0 saturated heterocycles. The second-order valence-electron chi connectivity index (χ2n) is 3.10. The van der Waals surface area contributed by atoms with E-state index in [0.717, 1.165) is 6.07 Å². The van der Waals surface area contributed by atoms with E-state index in [1.165, 1.54) is 0 Å². The molecule has 1 aromatic carbocycles. The van der Waals surface area contributed by atoms with E-state index >= 15 is 0 Å². The van der Waals surface area contributed by atoms with E-state index in [4.69, 9.17) is 5.73 Å². The van der Waals surface area contributed by atoms with E-state index in [-0.39, 0.29) is 5.56 Å². The molecule has 1 aromatic rings. The zero-order chi connectivity index (χ0) is 13.9. The Morgan fingerprint density at radius 2 is 2.00 bits per heavy atom. The minimum atomic E-state index is -4.84.